The van der Waals surface area contributed by atoms with Gasteiger partial charge in [-0.2, -0.15) is 13.2 Å². The monoisotopic (exact) mass is 422 g/mol. The molecule has 0 bridgehead atoms. The van der Waals surface area contributed by atoms with Crippen LogP contribution in [-0.2, 0) is 19.8 Å². The molecule has 0 saturated heterocycles. The van der Waals surface area contributed by atoms with Crippen LogP contribution in [-0.4, -0.2) is 16.6 Å². The van der Waals surface area contributed by atoms with Gasteiger partial charge >= 0.3 is 6.18 Å². The Labute approximate surface area is 173 Å². The normalized spacial score (nSPS) is 11.0. The lowest BCUT2D eigenvalue weighted by molar-refractivity contribution is -0.137. The molecule has 1 aromatic heterocycles. The first kappa shape index (κ1) is 22.8. The Kier molecular flexibility index (Phi) is 8.16. The summed E-state index contributed by atoms with van der Waals surface area (Å²) < 4.78 is 43.0. The molecular weight excluding hydrogens is 397 g/mol. The van der Waals surface area contributed by atoms with Crippen molar-refractivity contribution in [2.75, 3.05) is 12.4 Å². The van der Waals surface area contributed by atoms with Gasteiger partial charge in [-0.3, -0.25) is 4.72 Å². The molecule has 8 heteroatoms. The van der Waals surface area contributed by atoms with E-state index >= 15 is 0 Å². The number of aryl methyl sites for hydroxylation is 1. The van der Waals surface area contributed by atoms with Gasteiger partial charge in [0, 0.05) is 35.9 Å². The molecule has 156 valence electrons. The topological polar surface area (TPSA) is 41.9 Å². The van der Waals surface area contributed by atoms with Gasteiger partial charge in [-0.1, -0.05) is 26.0 Å². The van der Waals surface area contributed by atoms with Gasteiger partial charge in [0.15, 0.2) is 0 Å². The summed E-state index contributed by atoms with van der Waals surface area (Å²) in [6.45, 7) is 4.41. The van der Waals surface area contributed by atoms with Gasteiger partial charge in [0.05, 0.1) is 17.6 Å². The quantitative estimate of drug-likeness (QED) is 0.480. The zero-order valence-electron chi connectivity index (χ0n) is 16.8. The minimum absolute atomic E-state index is 0.413. The van der Waals surface area contributed by atoms with E-state index < -0.39 is 11.7 Å². The molecule has 0 atom stereocenters. The molecule has 2 aromatic carbocycles. The van der Waals surface area contributed by atoms with Gasteiger partial charge in [-0.25, -0.2) is 4.98 Å². The van der Waals surface area contributed by atoms with Gasteiger partial charge in [-0.05, 0) is 54.9 Å². The summed E-state index contributed by atoms with van der Waals surface area (Å²) in [5.41, 5.74) is 2.75. The fourth-order valence-corrected chi connectivity index (χ4v) is 3.18. The van der Waals surface area contributed by atoms with Crippen molar-refractivity contribution in [2.45, 2.75) is 31.5 Å². The zero-order chi connectivity index (χ0) is 21.4. The Morgan fingerprint density at radius 1 is 1.07 bits per heavy atom. The molecular formula is C21H25F3N4S. The molecule has 0 spiro atoms. The fraction of sp³-hybridized carbons (Fsp3) is 0.286. The van der Waals surface area contributed by atoms with Crippen molar-refractivity contribution in [2.24, 2.45) is 7.05 Å². The van der Waals surface area contributed by atoms with Crippen LogP contribution in [0.2, 0.25) is 0 Å². The lowest BCUT2D eigenvalue weighted by Gasteiger charge is -2.13. The van der Waals surface area contributed by atoms with Crippen LogP contribution in [0.25, 0.3) is 11.3 Å². The summed E-state index contributed by atoms with van der Waals surface area (Å²) in [6.07, 6.45) is -0.668. The van der Waals surface area contributed by atoms with E-state index in [1.54, 1.807) is 6.33 Å². The van der Waals surface area contributed by atoms with Gasteiger partial charge in [0.1, 0.15) is 0 Å². The van der Waals surface area contributed by atoms with Crippen molar-refractivity contribution in [1.29, 1.82) is 0 Å². The number of anilines is 1. The molecule has 3 aromatic rings. The van der Waals surface area contributed by atoms with Crippen molar-refractivity contribution < 1.29 is 13.2 Å². The van der Waals surface area contributed by atoms with Crippen molar-refractivity contribution in [1.82, 2.24) is 14.3 Å². The summed E-state index contributed by atoms with van der Waals surface area (Å²) in [5.74, 6) is 0. The molecule has 1 heterocycles. The van der Waals surface area contributed by atoms with Crippen LogP contribution in [0, 0.1) is 0 Å². The van der Waals surface area contributed by atoms with Gasteiger partial charge < -0.3 is 9.88 Å². The minimum atomic E-state index is -4.32. The predicted octanol–water partition coefficient (Wildman–Crippen LogP) is 5.97. The molecule has 3 rings (SSSR count). The Hall–Kier alpha value is -2.45. The Morgan fingerprint density at radius 2 is 1.76 bits per heavy atom. The lowest BCUT2D eigenvalue weighted by atomic mass is 10.1. The van der Waals surface area contributed by atoms with E-state index in [-0.39, 0.29) is 0 Å². The highest BCUT2D eigenvalue weighted by atomic mass is 32.2. The van der Waals surface area contributed by atoms with Crippen LogP contribution in [0.1, 0.15) is 25.0 Å². The summed E-state index contributed by atoms with van der Waals surface area (Å²) in [6, 6.07) is 11.1. The third-order valence-corrected chi connectivity index (χ3v) is 4.65. The van der Waals surface area contributed by atoms with E-state index in [2.05, 4.69) is 15.0 Å². The first-order chi connectivity index (χ1) is 13.9. The average Bonchev–Trinajstić information content (AvgIpc) is 3.14. The highest BCUT2D eigenvalue weighted by molar-refractivity contribution is 7.97. The predicted molar refractivity (Wildman–Crippen MR) is 114 cm³/mol. The second kappa shape index (κ2) is 10.4. The maximum atomic E-state index is 12.7. The third kappa shape index (κ3) is 6.27. The molecule has 0 amide bonds. The van der Waals surface area contributed by atoms with Crippen LogP contribution in [0.3, 0.4) is 0 Å². The number of imidazole rings is 1. The summed E-state index contributed by atoms with van der Waals surface area (Å²) in [4.78, 5) is 5.45. The molecule has 0 radical (unpaired) electrons. The van der Waals surface area contributed by atoms with E-state index in [9.17, 15) is 13.2 Å². The van der Waals surface area contributed by atoms with E-state index in [1.807, 2.05) is 56.9 Å². The molecule has 0 aliphatic heterocycles. The molecule has 0 aliphatic rings. The summed E-state index contributed by atoms with van der Waals surface area (Å²) >= 11 is 1.50. The minimum Gasteiger partial charge on any atom is -0.380 e. The number of hydrogen-bond acceptors (Lipinski definition) is 4. The van der Waals surface area contributed by atoms with Crippen LogP contribution < -0.4 is 10.0 Å². The largest absolute Gasteiger partial charge is 0.416 e. The van der Waals surface area contributed by atoms with E-state index in [1.165, 1.54) is 24.1 Å². The van der Waals surface area contributed by atoms with E-state index in [0.717, 1.165) is 39.5 Å². The molecule has 0 unspecified atom stereocenters. The third-order valence-electron chi connectivity index (χ3n) is 3.96. The van der Waals surface area contributed by atoms with Crippen LogP contribution in [0.5, 0.6) is 0 Å². The Bertz CT molecular complexity index is 905. The number of nitrogens with zero attached hydrogens (tertiary/aromatic N) is 2. The number of alkyl halides is 3. The molecule has 0 fully saturated rings. The first-order valence-electron chi connectivity index (χ1n) is 9.23. The molecule has 0 saturated carbocycles. The Morgan fingerprint density at radius 3 is 2.31 bits per heavy atom. The number of aromatic nitrogens is 2. The van der Waals surface area contributed by atoms with Crippen molar-refractivity contribution in [3.05, 3.63) is 66.1 Å². The zero-order valence-corrected chi connectivity index (χ0v) is 17.7. The van der Waals surface area contributed by atoms with Crippen LogP contribution >= 0.6 is 11.9 Å². The van der Waals surface area contributed by atoms with Gasteiger partial charge in [0.25, 0.3) is 0 Å². The van der Waals surface area contributed by atoms with Crippen molar-refractivity contribution >= 4 is 17.6 Å². The number of benzene rings is 2. The maximum Gasteiger partial charge on any atom is 0.416 e. The molecule has 0 aliphatic carbocycles. The highest BCUT2D eigenvalue weighted by Gasteiger charge is 2.29. The fourth-order valence-electron chi connectivity index (χ4n) is 2.63. The number of rotatable bonds is 6. The van der Waals surface area contributed by atoms with Crippen molar-refractivity contribution in [3.8, 4) is 11.3 Å². The number of nitrogens with one attached hydrogen (secondary N) is 2. The number of halogens is 3. The van der Waals surface area contributed by atoms with Crippen LogP contribution in [0.4, 0.5) is 18.9 Å². The molecule has 29 heavy (non-hydrogen) atoms. The second-order valence-electron chi connectivity index (χ2n) is 5.99. The SMILES string of the molecule is CC.CNSc1ccc(NCc2ccc(C(F)(F)F)cc2)c(-c2cn(C)cn2)c1. The summed E-state index contributed by atoms with van der Waals surface area (Å²) in [7, 11) is 3.75. The van der Waals surface area contributed by atoms with E-state index in [0.29, 0.717) is 6.54 Å². The second-order valence-corrected chi connectivity index (χ2v) is 7.07. The maximum absolute atomic E-state index is 12.7. The summed E-state index contributed by atoms with van der Waals surface area (Å²) in [5, 5.41) is 3.30. The highest BCUT2D eigenvalue weighted by Crippen LogP contribution is 2.32. The standard InChI is InChI=1S/C19H19F3N4S.C2H6/c1-23-27-15-7-8-17(16(9-15)18-11-26(2)12-25-18)24-10-13-3-5-14(6-4-13)19(20,21)22;1-2/h3-9,11-12,23-24H,10H2,1-2H3;1-2H3. The van der Waals surface area contributed by atoms with Gasteiger partial charge in [0.2, 0.25) is 0 Å². The van der Waals surface area contributed by atoms with Crippen molar-refractivity contribution in [3.63, 3.8) is 0 Å². The smallest absolute Gasteiger partial charge is 0.380 e. The van der Waals surface area contributed by atoms with Crippen LogP contribution in [0.15, 0.2) is 59.9 Å². The van der Waals surface area contributed by atoms with E-state index in [4.69, 9.17) is 0 Å². The lowest BCUT2D eigenvalue weighted by Crippen LogP contribution is -2.06. The number of hydrogen-bond donors (Lipinski definition) is 2. The molecule has 4 nitrogen and oxygen atoms in total. The first-order valence-corrected chi connectivity index (χ1v) is 10.0. The van der Waals surface area contributed by atoms with Gasteiger partial charge in [-0.15, -0.1) is 0 Å². The Balaban J connectivity index is 0.00000145. The average molecular weight is 423 g/mol. The molecule has 2 N–H and O–H groups in total.